The molecule has 108 valence electrons. The van der Waals surface area contributed by atoms with Gasteiger partial charge in [-0.3, -0.25) is 9.13 Å². The third-order valence-electron chi connectivity index (χ3n) is 1.80. The molecule has 0 amide bonds. The normalized spacial score (nSPS) is 12.9. The molecule has 9 nitrogen and oxygen atoms in total. The molecule has 11 heteroatoms. The molecule has 0 spiro atoms. The Morgan fingerprint density at radius 2 is 1.44 bits per heavy atom. The van der Waals surface area contributed by atoms with E-state index in [2.05, 4.69) is 0 Å². The van der Waals surface area contributed by atoms with Crippen LogP contribution in [-0.2, 0) is 23.4 Å². The molecule has 0 atom stereocenters. The van der Waals surface area contributed by atoms with Crippen LogP contribution in [0.1, 0.15) is 6.42 Å². The Hall–Kier alpha value is -0.110. The lowest BCUT2D eigenvalue weighted by Gasteiger charge is -2.19. The molecule has 0 aromatic rings. The molecule has 0 aliphatic heterocycles. The lowest BCUT2D eigenvalue weighted by atomic mass is 10.5. The monoisotopic (exact) mass is 306 g/mol. The standard InChI is InChI=1S/C7H16O9P2/c8-2-1-3-15-4-5-16-6-7(17(9,10)11)18(12,13)14/h2,7H,1,3-6H2,(H2,9,10,11)(H2,12,13,14). The number of hydrogen-bond donors (Lipinski definition) is 4. The summed E-state index contributed by atoms with van der Waals surface area (Å²) < 4.78 is 31.3. The number of carbonyl (C=O) groups excluding carboxylic acids is 1. The molecule has 0 heterocycles. The molecule has 4 N–H and O–H groups in total. The predicted octanol–water partition coefficient (Wildman–Crippen LogP) is -0.710. The van der Waals surface area contributed by atoms with Gasteiger partial charge in [0, 0.05) is 6.42 Å². The quantitative estimate of drug-likeness (QED) is 0.233. The topological polar surface area (TPSA) is 151 Å². The fraction of sp³-hybridized carbons (Fsp3) is 0.857. The Labute approximate surface area is 103 Å². The van der Waals surface area contributed by atoms with Crippen molar-refractivity contribution >= 4 is 21.5 Å². The Morgan fingerprint density at radius 3 is 1.89 bits per heavy atom. The van der Waals surface area contributed by atoms with Crippen molar-refractivity contribution in [3.05, 3.63) is 0 Å². The molecule has 0 radical (unpaired) electrons. The van der Waals surface area contributed by atoms with E-state index in [0.717, 1.165) is 0 Å². The highest BCUT2D eigenvalue weighted by atomic mass is 31.2. The second kappa shape index (κ2) is 8.14. The number of carbonyl (C=O) groups is 1. The number of aldehydes is 1. The van der Waals surface area contributed by atoms with Crippen LogP contribution >= 0.6 is 15.2 Å². The molecule has 0 bridgehead atoms. The molecule has 18 heavy (non-hydrogen) atoms. The summed E-state index contributed by atoms with van der Waals surface area (Å²) >= 11 is 0. The second-order valence-electron chi connectivity index (χ2n) is 3.30. The zero-order chi connectivity index (χ0) is 14.2. The highest BCUT2D eigenvalue weighted by Crippen LogP contribution is 2.59. The van der Waals surface area contributed by atoms with E-state index in [-0.39, 0.29) is 26.2 Å². The largest absolute Gasteiger partial charge is 0.379 e. The minimum atomic E-state index is -4.94. The summed E-state index contributed by atoms with van der Waals surface area (Å²) in [5.74, 6) is 0. The smallest absolute Gasteiger partial charge is 0.343 e. The third kappa shape index (κ3) is 8.07. The summed E-state index contributed by atoms with van der Waals surface area (Å²) in [6, 6.07) is 0. The van der Waals surface area contributed by atoms with E-state index < -0.39 is 27.2 Å². The van der Waals surface area contributed by atoms with Gasteiger partial charge in [0.2, 0.25) is 0 Å². The van der Waals surface area contributed by atoms with E-state index in [9.17, 15) is 13.9 Å². The molecular formula is C7H16O9P2. The molecule has 0 saturated carbocycles. The minimum Gasteiger partial charge on any atom is -0.379 e. The summed E-state index contributed by atoms with van der Waals surface area (Å²) in [6.45, 7) is -0.614. The Balaban J connectivity index is 3.97. The van der Waals surface area contributed by atoms with Crippen LogP contribution in [-0.4, -0.2) is 57.7 Å². The fourth-order valence-electron chi connectivity index (χ4n) is 0.930. The van der Waals surface area contributed by atoms with Crippen molar-refractivity contribution in [3.8, 4) is 0 Å². The van der Waals surface area contributed by atoms with Gasteiger partial charge in [-0.1, -0.05) is 0 Å². The van der Waals surface area contributed by atoms with Crippen LogP contribution in [0.3, 0.4) is 0 Å². The summed E-state index contributed by atoms with van der Waals surface area (Å²) in [6.07, 6.45) is 0.881. The lowest BCUT2D eigenvalue weighted by molar-refractivity contribution is -0.108. The summed E-state index contributed by atoms with van der Waals surface area (Å²) in [4.78, 5) is 44.9. The average Bonchev–Trinajstić information content (AvgIpc) is 2.18. The van der Waals surface area contributed by atoms with E-state index in [1.165, 1.54) is 0 Å². The van der Waals surface area contributed by atoms with Crippen molar-refractivity contribution in [1.82, 2.24) is 0 Å². The summed E-state index contributed by atoms with van der Waals surface area (Å²) in [7, 11) is -9.88. The predicted molar refractivity (Wildman–Crippen MR) is 60.2 cm³/mol. The van der Waals surface area contributed by atoms with Gasteiger partial charge in [-0.25, -0.2) is 0 Å². The maximum absolute atomic E-state index is 10.8. The molecule has 0 rings (SSSR count). The fourth-order valence-corrected chi connectivity index (χ4v) is 3.10. The van der Waals surface area contributed by atoms with Crippen molar-refractivity contribution < 1.29 is 43.0 Å². The first-order valence-corrected chi connectivity index (χ1v) is 8.25. The molecule has 0 fully saturated rings. The summed E-state index contributed by atoms with van der Waals surface area (Å²) in [5, 5.41) is -2.17. The Bertz CT molecular complexity index is 310. The van der Waals surface area contributed by atoms with Gasteiger partial charge in [0.05, 0.1) is 26.4 Å². The van der Waals surface area contributed by atoms with Crippen molar-refractivity contribution in [2.45, 2.75) is 11.8 Å². The lowest BCUT2D eigenvalue weighted by Crippen LogP contribution is -2.18. The van der Waals surface area contributed by atoms with Crippen LogP contribution in [0.15, 0.2) is 0 Å². The number of rotatable bonds is 10. The first-order chi connectivity index (χ1) is 8.19. The van der Waals surface area contributed by atoms with Crippen molar-refractivity contribution in [2.24, 2.45) is 0 Å². The van der Waals surface area contributed by atoms with Gasteiger partial charge in [-0.15, -0.1) is 0 Å². The second-order valence-corrected chi connectivity index (χ2v) is 7.31. The van der Waals surface area contributed by atoms with Gasteiger partial charge in [-0.05, 0) is 0 Å². The van der Waals surface area contributed by atoms with Gasteiger partial charge in [0.15, 0.2) is 5.40 Å². The van der Waals surface area contributed by atoms with Gasteiger partial charge >= 0.3 is 15.2 Å². The molecule has 0 aliphatic carbocycles. The minimum absolute atomic E-state index is 0.0584. The first-order valence-electron chi connectivity index (χ1n) is 4.89. The summed E-state index contributed by atoms with van der Waals surface area (Å²) in [5.41, 5.74) is 0. The van der Waals surface area contributed by atoms with Crippen LogP contribution in [0, 0.1) is 0 Å². The van der Waals surface area contributed by atoms with Crippen molar-refractivity contribution in [3.63, 3.8) is 0 Å². The van der Waals surface area contributed by atoms with E-state index in [0.29, 0.717) is 6.29 Å². The van der Waals surface area contributed by atoms with Crippen LogP contribution in [0.5, 0.6) is 0 Å². The van der Waals surface area contributed by atoms with Crippen LogP contribution in [0.2, 0.25) is 0 Å². The molecule has 0 saturated heterocycles. The molecule has 0 aliphatic rings. The highest BCUT2D eigenvalue weighted by molar-refractivity contribution is 7.70. The zero-order valence-corrected chi connectivity index (χ0v) is 11.2. The zero-order valence-electron chi connectivity index (χ0n) is 9.41. The molecule has 0 aromatic heterocycles. The van der Waals surface area contributed by atoms with Gasteiger partial charge in [-0.2, -0.15) is 0 Å². The van der Waals surface area contributed by atoms with Crippen LogP contribution < -0.4 is 0 Å². The molecular weight excluding hydrogens is 290 g/mol. The third-order valence-corrected chi connectivity index (χ3v) is 5.45. The van der Waals surface area contributed by atoms with Crippen LogP contribution in [0.25, 0.3) is 0 Å². The van der Waals surface area contributed by atoms with E-state index in [4.69, 9.17) is 29.0 Å². The van der Waals surface area contributed by atoms with Gasteiger partial charge < -0.3 is 33.8 Å². The van der Waals surface area contributed by atoms with E-state index in [1.54, 1.807) is 0 Å². The van der Waals surface area contributed by atoms with Crippen molar-refractivity contribution in [2.75, 3.05) is 26.4 Å². The van der Waals surface area contributed by atoms with E-state index >= 15 is 0 Å². The van der Waals surface area contributed by atoms with E-state index in [1.807, 2.05) is 0 Å². The average molecular weight is 306 g/mol. The van der Waals surface area contributed by atoms with Crippen molar-refractivity contribution in [1.29, 1.82) is 0 Å². The van der Waals surface area contributed by atoms with Crippen LogP contribution in [0.4, 0.5) is 0 Å². The number of ether oxygens (including phenoxy) is 2. The molecule has 0 aromatic carbocycles. The number of hydrogen-bond acceptors (Lipinski definition) is 5. The SMILES string of the molecule is O=CCCOCCOCC(P(=O)(O)O)P(=O)(O)O. The van der Waals surface area contributed by atoms with Gasteiger partial charge in [0.1, 0.15) is 6.29 Å². The molecule has 0 unspecified atom stereocenters. The first kappa shape index (κ1) is 17.9. The Morgan fingerprint density at radius 1 is 0.944 bits per heavy atom. The maximum atomic E-state index is 10.8. The highest BCUT2D eigenvalue weighted by Gasteiger charge is 2.43. The Kier molecular flexibility index (Phi) is 8.09. The maximum Gasteiger partial charge on any atom is 0.343 e. The van der Waals surface area contributed by atoms with Gasteiger partial charge in [0.25, 0.3) is 0 Å².